The van der Waals surface area contributed by atoms with Gasteiger partial charge in [0.25, 0.3) is 5.91 Å². The molecular formula is C20H29N3O2. The van der Waals surface area contributed by atoms with Gasteiger partial charge in [-0.25, -0.2) is 0 Å². The third-order valence-corrected chi connectivity index (χ3v) is 4.49. The molecule has 0 bridgehead atoms. The zero-order chi connectivity index (χ0) is 18.6. The summed E-state index contributed by atoms with van der Waals surface area (Å²) >= 11 is 0. The lowest BCUT2D eigenvalue weighted by atomic mass is 10.1. The third-order valence-electron chi connectivity index (χ3n) is 4.49. The first-order chi connectivity index (χ1) is 11.7. The van der Waals surface area contributed by atoms with Crippen LogP contribution in [0.1, 0.15) is 37.6 Å². The fourth-order valence-corrected chi connectivity index (χ4v) is 3.23. The van der Waals surface area contributed by atoms with Crippen LogP contribution in [-0.2, 0) is 4.79 Å². The molecule has 1 aliphatic rings. The Kier molecular flexibility index (Phi) is 5.88. The van der Waals surface area contributed by atoms with Crippen molar-refractivity contribution >= 4 is 17.5 Å². The van der Waals surface area contributed by atoms with Gasteiger partial charge in [-0.2, -0.15) is 0 Å². The van der Waals surface area contributed by atoms with Crippen LogP contribution in [0, 0.1) is 5.92 Å². The number of carbonyl (C=O) groups is 2. The first kappa shape index (κ1) is 19.0. The molecule has 0 aromatic heterocycles. The van der Waals surface area contributed by atoms with Crippen molar-refractivity contribution in [3.63, 3.8) is 0 Å². The first-order valence-corrected chi connectivity index (χ1v) is 8.73. The van der Waals surface area contributed by atoms with E-state index in [2.05, 4.69) is 11.9 Å². The lowest BCUT2D eigenvalue weighted by Gasteiger charge is -2.32. The Hall–Kier alpha value is -2.30. The highest BCUT2D eigenvalue weighted by Gasteiger charge is 2.37. The normalized spacial score (nSPS) is 17.5. The van der Waals surface area contributed by atoms with Gasteiger partial charge in [0.2, 0.25) is 5.91 Å². The van der Waals surface area contributed by atoms with Crippen molar-refractivity contribution in [2.45, 2.75) is 32.7 Å². The highest BCUT2D eigenvalue weighted by molar-refractivity contribution is 5.99. The number of nitrogens with zero attached hydrogens (tertiary/aromatic N) is 2. The van der Waals surface area contributed by atoms with Gasteiger partial charge in [0, 0.05) is 50.2 Å². The van der Waals surface area contributed by atoms with E-state index in [0.29, 0.717) is 31.6 Å². The minimum atomic E-state index is -0.171. The number of anilines is 1. The SMILES string of the molecule is C=CCNc1ccccc1C(=O)N(C)CC1CC(=O)N(C(C)(C)C)C1. The van der Waals surface area contributed by atoms with E-state index in [9.17, 15) is 9.59 Å². The van der Waals surface area contributed by atoms with Crippen LogP contribution >= 0.6 is 0 Å². The number of para-hydroxylation sites is 1. The van der Waals surface area contributed by atoms with Crippen LogP contribution in [0.2, 0.25) is 0 Å². The second kappa shape index (κ2) is 7.72. The van der Waals surface area contributed by atoms with E-state index in [4.69, 9.17) is 0 Å². The van der Waals surface area contributed by atoms with Crippen LogP contribution in [0.5, 0.6) is 0 Å². The van der Waals surface area contributed by atoms with Gasteiger partial charge in [-0.3, -0.25) is 9.59 Å². The second-order valence-electron chi connectivity index (χ2n) is 7.65. The van der Waals surface area contributed by atoms with E-state index in [0.717, 1.165) is 5.69 Å². The molecule has 5 heteroatoms. The zero-order valence-electron chi connectivity index (χ0n) is 15.7. The molecule has 1 saturated heterocycles. The minimum Gasteiger partial charge on any atom is -0.381 e. The standard InChI is InChI=1S/C20H29N3O2/c1-6-11-21-17-10-8-7-9-16(17)19(25)22(5)13-15-12-18(24)23(14-15)20(2,3)4/h6-10,15,21H,1,11-14H2,2-5H3. The number of hydrogen-bond acceptors (Lipinski definition) is 3. The highest BCUT2D eigenvalue weighted by Crippen LogP contribution is 2.27. The summed E-state index contributed by atoms with van der Waals surface area (Å²) in [6.07, 6.45) is 2.27. The second-order valence-corrected chi connectivity index (χ2v) is 7.65. The maximum atomic E-state index is 12.8. The summed E-state index contributed by atoms with van der Waals surface area (Å²) < 4.78 is 0. The van der Waals surface area contributed by atoms with Gasteiger partial charge < -0.3 is 15.1 Å². The van der Waals surface area contributed by atoms with Crippen molar-refractivity contribution < 1.29 is 9.59 Å². The van der Waals surface area contributed by atoms with Gasteiger partial charge in [0.05, 0.1) is 5.56 Å². The molecule has 0 radical (unpaired) electrons. The summed E-state index contributed by atoms with van der Waals surface area (Å²) in [5, 5.41) is 3.20. The molecule has 2 rings (SSSR count). The largest absolute Gasteiger partial charge is 0.381 e. The predicted octanol–water partition coefficient (Wildman–Crippen LogP) is 3.00. The van der Waals surface area contributed by atoms with Gasteiger partial charge in [-0.1, -0.05) is 18.2 Å². The van der Waals surface area contributed by atoms with Crippen LogP contribution < -0.4 is 5.32 Å². The maximum Gasteiger partial charge on any atom is 0.255 e. The predicted molar refractivity (Wildman–Crippen MR) is 102 cm³/mol. The summed E-state index contributed by atoms with van der Waals surface area (Å²) in [5.41, 5.74) is 1.28. The Morgan fingerprint density at radius 2 is 2.08 bits per heavy atom. The van der Waals surface area contributed by atoms with Crippen LogP contribution in [0.15, 0.2) is 36.9 Å². The van der Waals surface area contributed by atoms with Crippen molar-refractivity contribution in [3.8, 4) is 0 Å². The topological polar surface area (TPSA) is 52.7 Å². The summed E-state index contributed by atoms with van der Waals surface area (Å²) in [6, 6.07) is 7.48. The Labute approximate surface area is 150 Å². The van der Waals surface area contributed by atoms with Crippen LogP contribution in [0.3, 0.4) is 0 Å². The van der Waals surface area contributed by atoms with Crippen molar-refractivity contribution in [1.29, 1.82) is 0 Å². The van der Waals surface area contributed by atoms with E-state index in [1.54, 1.807) is 18.0 Å². The Morgan fingerprint density at radius 1 is 1.40 bits per heavy atom. The Morgan fingerprint density at radius 3 is 2.68 bits per heavy atom. The number of carbonyl (C=O) groups excluding carboxylic acids is 2. The zero-order valence-corrected chi connectivity index (χ0v) is 15.7. The van der Waals surface area contributed by atoms with Crippen LogP contribution in [0.25, 0.3) is 0 Å². The monoisotopic (exact) mass is 343 g/mol. The highest BCUT2D eigenvalue weighted by atomic mass is 16.2. The molecule has 0 saturated carbocycles. The van der Waals surface area contributed by atoms with Crippen molar-refractivity contribution in [2.75, 3.05) is 32.0 Å². The molecule has 0 spiro atoms. The molecule has 1 heterocycles. The molecule has 0 aliphatic carbocycles. The summed E-state index contributed by atoms with van der Waals surface area (Å²) in [4.78, 5) is 28.7. The maximum absolute atomic E-state index is 12.8. The number of hydrogen-bond donors (Lipinski definition) is 1. The van der Waals surface area contributed by atoms with E-state index in [1.807, 2.05) is 49.9 Å². The molecule has 2 amide bonds. The minimum absolute atomic E-state index is 0.0335. The average Bonchev–Trinajstić information content (AvgIpc) is 2.93. The lowest BCUT2D eigenvalue weighted by molar-refractivity contribution is -0.131. The number of rotatable bonds is 6. The number of amides is 2. The van der Waals surface area contributed by atoms with Crippen molar-refractivity contribution in [2.24, 2.45) is 5.92 Å². The molecule has 25 heavy (non-hydrogen) atoms. The first-order valence-electron chi connectivity index (χ1n) is 8.73. The summed E-state index contributed by atoms with van der Waals surface area (Å²) in [5.74, 6) is 0.314. The molecule has 1 unspecified atom stereocenters. The number of benzene rings is 1. The molecule has 1 aliphatic heterocycles. The molecule has 136 valence electrons. The quantitative estimate of drug-likeness (QED) is 0.808. The number of likely N-dealkylation sites (tertiary alicyclic amines) is 1. The molecule has 1 aromatic rings. The van der Waals surface area contributed by atoms with Gasteiger partial charge in [0.1, 0.15) is 0 Å². The molecular weight excluding hydrogens is 314 g/mol. The van der Waals surface area contributed by atoms with Crippen molar-refractivity contribution in [1.82, 2.24) is 9.80 Å². The van der Waals surface area contributed by atoms with E-state index >= 15 is 0 Å². The van der Waals surface area contributed by atoms with Gasteiger partial charge in [-0.05, 0) is 32.9 Å². The van der Waals surface area contributed by atoms with E-state index in [1.165, 1.54) is 0 Å². The summed E-state index contributed by atoms with van der Waals surface area (Å²) in [6.45, 7) is 11.7. The molecule has 1 aromatic carbocycles. The Balaban J connectivity index is 2.04. The van der Waals surface area contributed by atoms with Crippen LogP contribution in [-0.4, -0.2) is 53.8 Å². The molecule has 1 fully saturated rings. The Bertz CT molecular complexity index is 649. The van der Waals surface area contributed by atoms with Gasteiger partial charge in [-0.15, -0.1) is 6.58 Å². The van der Waals surface area contributed by atoms with Crippen molar-refractivity contribution in [3.05, 3.63) is 42.5 Å². The van der Waals surface area contributed by atoms with Crippen LogP contribution in [0.4, 0.5) is 5.69 Å². The average molecular weight is 343 g/mol. The third kappa shape index (κ3) is 4.62. The smallest absolute Gasteiger partial charge is 0.255 e. The van der Waals surface area contributed by atoms with E-state index in [-0.39, 0.29) is 23.3 Å². The number of nitrogens with one attached hydrogen (secondary N) is 1. The van der Waals surface area contributed by atoms with E-state index < -0.39 is 0 Å². The molecule has 5 nitrogen and oxygen atoms in total. The summed E-state index contributed by atoms with van der Waals surface area (Å²) in [7, 11) is 1.80. The van der Waals surface area contributed by atoms with Gasteiger partial charge >= 0.3 is 0 Å². The van der Waals surface area contributed by atoms with Gasteiger partial charge in [0.15, 0.2) is 0 Å². The molecule has 1 atom stereocenters. The fourth-order valence-electron chi connectivity index (χ4n) is 3.23. The lowest BCUT2D eigenvalue weighted by Crippen LogP contribution is -2.43. The molecule has 1 N–H and O–H groups in total. The fraction of sp³-hybridized carbons (Fsp3) is 0.500.